The zero-order chi connectivity index (χ0) is 15.1. The van der Waals surface area contributed by atoms with E-state index in [4.69, 9.17) is 16.3 Å². The molecule has 0 atom stereocenters. The van der Waals surface area contributed by atoms with Gasteiger partial charge in [-0.25, -0.2) is 0 Å². The summed E-state index contributed by atoms with van der Waals surface area (Å²) in [4.78, 5) is 7.43. The van der Waals surface area contributed by atoms with Gasteiger partial charge in [0.25, 0.3) is 0 Å². The number of aliphatic imine (C=N–C) groups is 1. The van der Waals surface area contributed by atoms with Gasteiger partial charge in [-0.2, -0.15) is 0 Å². The number of benzene rings is 1. The Balaban J connectivity index is 0.00000242. The molecule has 1 aromatic carbocycles. The highest BCUT2D eigenvalue weighted by molar-refractivity contribution is 14.0. The number of halogens is 2. The number of hydrogen-bond donors (Lipinski definition) is 3. The number of rotatable bonds is 6. The van der Waals surface area contributed by atoms with E-state index in [1.54, 1.807) is 14.2 Å². The van der Waals surface area contributed by atoms with Gasteiger partial charge in [-0.1, -0.05) is 11.6 Å². The van der Waals surface area contributed by atoms with Gasteiger partial charge in [-0.15, -0.1) is 24.0 Å². The number of nitrogens with one attached hydrogen (secondary N) is 3. The van der Waals surface area contributed by atoms with Gasteiger partial charge in [-0.3, -0.25) is 4.99 Å². The van der Waals surface area contributed by atoms with Crippen molar-refractivity contribution in [1.29, 1.82) is 0 Å². The summed E-state index contributed by atoms with van der Waals surface area (Å²) in [6.45, 7) is 2.19. The maximum absolute atomic E-state index is 6.05. The van der Waals surface area contributed by atoms with Crippen molar-refractivity contribution in [3.8, 4) is 0 Å². The highest BCUT2D eigenvalue weighted by atomic mass is 127. The average molecular weight is 437 g/mol. The van der Waals surface area contributed by atoms with Crippen LogP contribution in [-0.4, -0.2) is 44.8 Å². The summed E-state index contributed by atoms with van der Waals surface area (Å²) in [5.74, 6) is 0.782. The van der Waals surface area contributed by atoms with Gasteiger partial charge in [0, 0.05) is 49.4 Å². The third-order valence-corrected chi connectivity index (χ3v) is 3.47. The zero-order valence-corrected chi connectivity index (χ0v) is 15.9. The molecule has 0 saturated heterocycles. The van der Waals surface area contributed by atoms with Crippen LogP contribution in [0, 0.1) is 0 Å². The first-order valence-electron chi connectivity index (χ1n) is 6.93. The summed E-state index contributed by atoms with van der Waals surface area (Å²) in [7, 11) is 3.44. The molecule has 0 saturated carbocycles. The molecule has 22 heavy (non-hydrogen) atoms. The molecule has 0 bridgehead atoms. The Morgan fingerprint density at radius 3 is 2.82 bits per heavy atom. The third-order valence-electron chi connectivity index (χ3n) is 3.24. The van der Waals surface area contributed by atoms with Crippen LogP contribution in [-0.2, 0) is 11.2 Å². The molecule has 0 aliphatic carbocycles. The van der Waals surface area contributed by atoms with Crippen LogP contribution in [0.1, 0.15) is 5.56 Å². The van der Waals surface area contributed by atoms with E-state index >= 15 is 0 Å². The van der Waals surface area contributed by atoms with Crippen molar-refractivity contribution in [1.82, 2.24) is 15.6 Å². The first kappa shape index (κ1) is 19.1. The number of methoxy groups -OCH3 is 1. The maximum Gasteiger partial charge on any atom is 0.191 e. The summed E-state index contributed by atoms with van der Waals surface area (Å²) in [5, 5.41) is 8.39. The Hall–Kier alpha value is -0.990. The highest BCUT2D eigenvalue weighted by Crippen LogP contribution is 2.22. The van der Waals surface area contributed by atoms with Crippen LogP contribution in [0.4, 0.5) is 0 Å². The molecule has 2 rings (SSSR count). The molecule has 0 aliphatic rings. The lowest BCUT2D eigenvalue weighted by molar-refractivity contribution is 0.203. The van der Waals surface area contributed by atoms with Gasteiger partial charge >= 0.3 is 0 Å². The van der Waals surface area contributed by atoms with Crippen LogP contribution in [0.5, 0.6) is 0 Å². The van der Waals surface area contributed by atoms with E-state index in [1.165, 1.54) is 10.9 Å². The molecular weight excluding hydrogens is 415 g/mol. The molecule has 0 fully saturated rings. The topological polar surface area (TPSA) is 61.4 Å². The lowest BCUT2D eigenvalue weighted by atomic mass is 10.1. The second-order valence-corrected chi connectivity index (χ2v) is 5.11. The van der Waals surface area contributed by atoms with E-state index < -0.39 is 0 Å². The number of aromatic nitrogens is 1. The van der Waals surface area contributed by atoms with Gasteiger partial charge < -0.3 is 20.4 Å². The molecule has 1 aromatic heterocycles. The van der Waals surface area contributed by atoms with Crippen LogP contribution in [0.25, 0.3) is 10.9 Å². The van der Waals surface area contributed by atoms with E-state index in [9.17, 15) is 0 Å². The second kappa shape index (κ2) is 9.91. The Kier molecular flexibility index (Phi) is 8.59. The molecule has 1 heterocycles. The van der Waals surface area contributed by atoms with Gasteiger partial charge in [-0.05, 0) is 30.2 Å². The fraction of sp³-hybridized carbons (Fsp3) is 0.400. The molecule has 122 valence electrons. The van der Waals surface area contributed by atoms with Crippen molar-refractivity contribution in [3.63, 3.8) is 0 Å². The normalized spacial score (nSPS) is 11.3. The monoisotopic (exact) mass is 436 g/mol. The van der Waals surface area contributed by atoms with Crippen LogP contribution in [0.3, 0.4) is 0 Å². The predicted molar refractivity (Wildman–Crippen MR) is 104 cm³/mol. The molecule has 0 aliphatic heterocycles. The minimum atomic E-state index is 0. The summed E-state index contributed by atoms with van der Waals surface area (Å²) in [5.41, 5.74) is 2.35. The third kappa shape index (κ3) is 5.33. The quantitative estimate of drug-likeness (QED) is 0.282. The minimum absolute atomic E-state index is 0. The summed E-state index contributed by atoms with van der Waals surface area (Å²) < 4.78 is 5.00. The van der Waals surface area contributed by atoms with E-state index in [0.717, 1.165) is 36.0 Å². The van der Waals surface area contributed by atoms with Gasteiger partial charge in [0.1, 0.15) is 0 Å². The van der Waals surface area contributed by atoms with E-state index in [-0.39, 0.29) is 24.0 Å². The highest BCUT2D eigenvalue weighted by Gasteiger charge is 2.04. The fourth-order valence-corrected chi connectivity index (χ4v) is 2.34. The Labute approximate surface area is 152 Å². The Morgan fingerprint density at radius 2 is 2.09 bits per heavy atom. The van der Waals surface area contributed by atoms with E-state index in [1.807, 2.05) is 24.4 Å². The number of nitrogens with zero attached hydrogens (tertiary/aromatic N) is 1. The number of fused-ring (bicyclic) bond motifs is 1. The second-order valence-electron chi connectivity index (χ2n) is 4.67. The van der Waals surface area contributed by atoms with Crippen LogP contribution < -0.4 is 10.6 Å². The largest absolute Gasteiger partial charge is 0.383 e. The summed E-state index contributed by atoms with van der Waals surface area (Å²) in [6, 6.07) is 5.89. The molecule has 0 spiro atoms. The van der Waals surface area contributed by atoms with Crippen molar-refractivity contribution in [2.24, 2.45) is 4.99 Å². The van der Waals surface area contributed by atoms with Crippen molar-refractivity contribution in [2.75, 3.05) is 33.9 Å². The summed E-state index contributed by atoms with van der Waals surface area (Å²) in [6.07, 6.45) is 2.93. The van der Waals surface area contributed by atoms with Crippen LogP contribution in [0.2, 0.25) is 5.02 Å². The van der Waals surface area contributed by atoms with Gasteiger partial charge in [0.05, 0.1) is 6.61 Å². The maximum atomic E-state index is 6.05. The van der Waals surface area contributed by atoms with Crippen molar-refractivity contribution in [3.05, 3.63) is 35.0 Å². The van der Waals surface area contributed by atoms with E-state index in [0.29, 0.717) is 6.61 Å². The number of ether oxygens (including phenoxy) is 1. The number of aromatic amines is 1. The SMILES string of the molecule is CN=C(NCCOC)NCCc1c[nH]c2ccc(Cl)cc12.I. The molecule has 5 nitrogen and oxygen atoms in total. The Morgan fingerprint density at radius 1 is 1.32 bits per heavy atom. The molecule has 2 aromatic rings. The first-order valence-corrected chi connectivity index (χ1v) is 7.31. The summed E-state index contributed by atoms with van der Waals surface area (Å²) >= 11 is 6.05. The zero-order valence-electron chi connectivity index (χ0n) is 12.8. The molecular formula is C15H22ClIN4O. The molecule has 7 heteroatoms. The number of hydrogen-bond acceptors (Lipinski definition) is 2. The van der Waals surface area contributed by atoms with Gasteiger partial charge in [0.15, 0.2) is 5.96 Å². The lowest BCUT2D eigenvalue weighted by Crippen LogP contribution is -2.39. The first-order chi connectivity index (χ1) is 10.2. The lowest BCUT2D eigenvalue weighted by Gasteiger charge is -2.11. The average Bonchev–Trinajstić information content (AvgIpc) is 2.88. The molecule has 3 N–H and O–H groups in total. The van der Waals surface area contributed by atoms with Gasteiger partial charge in [0.2, 0.25) is 0 Å². The van der Waals surface area contributed by atoms with E-state index in [2.05, 4.69) is 20.6 Å². The van der Waals surface area contributed by atoms with Crippen LogP contribution in [0.15, 0.2) is 29.4 Å². The molecule has 0 unspecified atom stereocenters. The van der Waals surface area contributed by atoms with Crippen molar-refractivity contribution < 1.29 is 4.74 Å². The van der Waals surface area contributed by atoms with Crippen molar-refractivity contribution in [2.45, 2.75) is 6.42 Å². The van der Waals surface area contributed by atoms with Crippen molar-refractivity contribution >= 4 is 52.4 Å². The molecule has 0 radical (unpaired) electrons. The molecule has 0 amide bonds. The van der Waals surface area contributed by atoms with Crippen LogP contribution >= 0.6 is 35.6 Å². The predicted octanol–water partition coefficient (Wildman–Crippen LogP) is 2.79. The Bertz CT molecular complexity index is 615. The standard InChI is InChI=1S/C15H21ClN4O.HI/c1-17-15(19-7-8-21-2)18-6-5-11-10-20-14-4-3-12(16)9-13(11)14;/h3-4,9-10,20H,5-8H2,1-2H3,(H2,17,18,19);1H. The smallest absolute Gasteiger partial charge is 0.191 e. The number of H-pyrrole nitrogens is 1. The number of guanidine groups is 1. The minimum Gasteiger partial charge on any atom is -0.383 e. The fourth-order valence-electron chi connectivity index (χ4n) is 2.17.